The number of aromatic nitrogens is 1. The molecule has 1 aliphatic rings. The quantitative estimate of drug-likeness (QED) is 0.129. The molecule has 4 aromatic rings. The van der Waals surface area contributed by atoms with Gasteiger partial charge in [-0.25, -0.2) is 8.42 Å². The molecule has 39 heavy (non-hydrogen) atoms. The van der Waals surface area contributed by atoms with Crippen LogP contribution in [0.2, 0.25) is 0 Å². The smallest absolute Gasteiger partial charge is 0.262 e. The van der Waals surface area contributed by atoms with Gasteiger partial charge in [-0.1, -0.05) is 76.7 Å². The van der Waals surface area contributed by atoms with Crippen LogP contribution in [0.5, 0.6) is 0 Å². The van der Waals surface area contributed by atoms with E-state index in [0.717, 1.165) is 23.7 Å². The van der Waals surface area contributed by atoms with Crippen LogP contribution >= 0.6 is 34.7 Å². The van der Waals surface area contributed by atoms with Crippen molar-refractivity contribution in [3.8, 4) is 0 Å². The minimum Gasteiger partial charge on any atom is -0.744 e. The molecule has 0 amide bonds. The summed E-state index contributed by atoms with van der Waals surface area (Å²) < 4.78 is 34.8. The van der Waals surface area contributed by atoms with Crippen molar-refractivity contribution in [2.24, 2.45) is 0 Å². The molecule has 3 aromatic carbocycles. The highest BCUT2D eigenvalue weighted by atomic mass is 35.5. The summed E-state index contributed by atoms with van der Waals surface area (Å²) in [5.74, 6) is 0. The maximum absolute atomic E-state index is 10.4. The molecule has 9 heteroatoms. The summed E-state index contributed by atoms with van der Waals surface area (Å²) in [6.07, 6.45) is 8.19. The number of benzene rings is 3. The number of rotatable bonds is 6. The average Bonchev–Trinajstić information content (AvgIpc) is 3.47. The molecule has 5 rings (SSSR count). The maximum Gasteiger partial charge on any atom is 0.262 e. The Kier molecular flexibility index (Phi) is 9.69. The predicted octanol–water partition coefficient (Wildman–Crippen LogP) is 7.72. The van der Waals surface area contributed by atoms with Crippen LogP contribution < -0.4 is 9.47 Å². The van der Waals surface area contributed by atoms with Crippen LogP contribution in [0.15, 0.2) is 111 Å². The molecule has 0 saturated heterocycles. The van der Waals surface area contributed by atoms with E-state index in [1.807, 2.05) is 19.1 Å². The molecule has 0 radical (unpaired) electrons. The van der Waals surface area contributed by atoms with Gasteiger partial charge in [0.2, 0.25) is 5.52 Å². The zero-order valence-corrected chi connectivity index (χ0v) is 25.1. The van der Waals surface area contributed by atoms with Crippen molar-refractivity contribution in [3.63, 3.8) is 0 Å². The van der Waals surface area contributed by atoms with Gasteiger partial charge in [0.15, 0.2) is 0 Å². The zero-order valence-electron chi connectivity index (χ0n) is 21.9. The Hall–Kier alpha value is -2.88. The molecular weight excluding hydrogens is 568 g/mol. The third-order valence-corrected chi connectivity index (χ3v) is 9.35. The lowest BCUT2D eigenvalue weighted by Gasteiger charge is -2.17. The lowest BCUT2D eigenvalue weighted by atomic mass is 10.2. The highest BCUT2D eigenvalue weighted by Crippen LogP contribution is 2.45. The number of halogens is 1. The van der Waals surface area contributed by atoms with E-state index < -0.39 is 10.1 Å². The molecule has 0 N–H and O–H groups in total. The number of thioether (sulfide) groups is 1. The molecular formula is C30H29ClN2O3S3. The fraction of sp³-hybridized carbons (Fsp3) is 0.167. The summed E-state index contributed by atoms with van der Waals surface area (Å²) >= 11 is 10.1. The van der Waals surface area contributed by atoms with E-state index in [1.165, 1.54) is 43.0 Å². The second-order valence-corrected chi connectivity index (χ2v) is 12.6. The Morgan fingerprint density at radius 2 is 1.72 bits per heavy atom. The summed E-state index contributed by atoms with van der Waals surface area (Å²) in [5.41, 5.74) is 3.48. The lowest BCUT2D eigenvalue weighted by molar-refractivity contribution is -0.665. The van der Waals surface area contributed by atoms with Crippen LogP contribution in [0.25, 0.3) is 16.3 Å². The Bertz CT molecular complexity index is 1660. The normalized spacial score (nSPS) is 14.6. The molecule has 0 fully saturated rings. The number of fused-ring (bicyclic) bond motifs is 2. The number of hydrogen-bond acceptors (Lipinski definition) is 6. The van der Waals surface area contributed by atoms with E-state index in [1.54, 1.807) is 35.2 Å². The van der Waals surface area contributed by atoms with Gasteiger partial charge in [0.25, 0.3) is 5.01 Å². The number of hydrogen-bond donors (Lipinski definition) is 0. The highest BCUT2D eigenvalue weighted by Gasteiger charge is 2.22. The number of anilines is 1. The van der Waals surface area contributed by atoms with Gasteiger partial charge >= 0.3 is 0 Å². The molecule has 1 aliphatic heterocycles. The first kappa shape index (κ1) is 29.1. The van der Waals surface area contributed by atoms with Gasteiger partial charge in [0.05, 0.1) is 15.6 Å². The zero-order chi connectivity index (χ0) is 28.0. The molecule has 202 valence electrons. The molecule has 1 aromatic heterocycles. The van der Waals surface area contributed by atoms with Crippen LogP contribution in [0.1, 0.15) is 24.4 Å². The third-order valence-electron chi connectivity index (χ3n) is 5.99. The van der Waals surface area contributed by atoms with Gasteiger partial charge in [-0.3, -0.25) is 0 Å². The molecule has 0 spiro atoms. The van der Waals surface area contributed by atoms with Crippen molar-refractivity contribution in [2.75, 3.05) is 11.4 Å². The van der Waals surface area contributed by atoms with E-state index >= 15 is 0 Å². The van der Waals surface area contributed by atoms with Crippen LogP contribution in [-0.4, -0.2) is 19.5 Å². The SMILES string of the molecule is CCN1/C(=C/C=C(Cl)/C=C/c2sc3ccccc3[n+]2CC)Sc2ccccc21.Cc1ccc(S(=O)(=O)[O-])cc1. The van der Waals surface area contributed by atoms with E-state index in [2.05, 4.69) is 84.0 Å². The number of nitrogens with zero attached hydrogens (tertiary/aromatic N) is 2. The van der Waals surface area contributed by atoms with Crippen molar-refractivity contribution in [1.29, 1.82) is 0 Å². The molecule has 2 heterocycles. The fourth-order valence-corrected chi connectivity index (χ4v) is 6.92. The Morgan fingerprint density at radius 3 is 2.41 bits per heavy atom. The minimum atomic E-state index is -4.27. The highest BCUT2D eigenvalue weighted by molar-refractivity contribution is 8.03. The maximum atomic E-state index is 10.4. The van der Waals surface area contributed by atoms with Crippen LogP contribution in [0, 0.1) is 6.92 Å². The summed E-state index contributed by atoms with van der Waals surface area (Å²) in [6.45, 7) is 8.05. The molecule has 5 nitrogen and oxygen atoms in total. The van der Waals surface area contributed by atoms with E-state index in [4.69, 9.17) is 11.6 Å². The van der Waals surface area contributed by atoms with Gasteiger partial charge in [0.1, 0.15) is 21.4 Å². The Balaban J connectivity index is 0.000000270. The topological polar surface area (TPSA) is 64.3 Å². The lowest BCUT2D eigenvalue weighted by Crippen LogP contribution is -2.33. The Labute approximate surface area is 243 Å². The first-order chi connectivity index (χ1) is 18.7. The predicted molar refractivity (Wildman–Crippen MR) is 163 cm³/mol. The molecule has 0 unspecified atom stereocenters. The van der Waals surface area contributed by atoms with Crippen molar-refractivity contribution in [2.45, 2.75) is 37.1 Å². The number of para-hydroxylation sites is 2. The molecule has 0 aliphatic carbocycles. The van der Waals surface area contributed by atoms with Gasteiger partial charge in [0, 0.05) is 28.6 Å². The molecule has 0 atom stereocenters. The summed E-state index contributed by atoms with van der Waals surface area (Å²) in [5, 5.41) is 3.14. The first-order valence-electron chi connectivity index (χ1n) is 12.4. The van der Waals surface area contributed by atoms with Crippen molar-refractivity contribution < 1.29 is 17.5 Å². The van der Waals surface area contributed by atoms with E-state index in [0.29, 0.717) is 0 Å². The second kappa shape index (κ2) is 13.0. The van der Waals surface area contributed by atoms with Crippen LogP contribution in [0.3, 0.4) is 0 Å². The van der Waals surface area contributed by atoms with Crippen LogP contribution in [-0.2, 0) is 16.7 Å². The minimum absolute atomic E-state index is 0.178. The van der Waals surface area contributed by atoms with Gasteiger partial charge in [-0.15, -0.1) is 0 Å². The number of aryl methyl sites for hydroxylation is 2. The molecule has 0 bridgehead atoms. The van der Waals surface area contributed by atoms with Crippen molar-refractivity contribution >= 4 is 66.8 Å². The number of thiazole rings is 1. The van der Waals surface area contributed by atoms with E-state index in [-0.39, 0.29) is 4.90 Å². The largest absolute Gasteiger partial charge is 0.744 e. The van der Waals surface area contributed by atoms with Crippen molar-refractivity contribution in [1.82, 2.24) is 0 Å². The second-order valence-electron chi connectivity index (χ2n) is 8.62. The summed E-state index contributed by atoms with van der Waals surface area (Å²) in [6, 6.07) is 22.8. The number of allylic oxidation sites excluding steroid dienone is 4. The van der Waals surface area contributed by atoms with E-state index in [9.17, 15) is 13.0 Å². The Morgan fingerprint density at radius 1 is 1.03 bits per heavy atom. The monoisotopic (exact) mass is 596 g/mol. The summed E-state index contributed by atoms with van der Waals surface area (Å²) in [7, 11) is -4.27. The summed E-state index contributed by atoms with van der Waals surface area (Å²) in [4.78, 5) is 3.44. The molecule has 0 saturated carbocycles. The van der Waals surface area contributed by atoms with Crippen LogP contribution in [0.4, 0.5) is 5.69 Å². The first-order valence-corrected chi connectivity index (χ1v) is 15.9. The average molecular weight is 597 g/mol. The fourth-order valence-electron chi connectivity index (χ4n) is 4.07. The van der Waals surface area contributed by atoms with Gasteiger partial charge < -0.3 is 9.45 Å². The third kappa shape index (κ3) is 7.21. The standard InChI is InChI=1S/C23H22ClN2S2.C7H8O3S/c1-3-25-18-9-5-7-11-20(18)27-22(25)15-13-17(24)14-16-23-26(4-2)19-10-6-8-12-21(19)28-23;1-6-2-4-7(5-3-6)11(8,9)10/h5-16H,3-4H2,1-2H3;2-5H,1H3,(H,8,9,10)/q+1;/p-1. The van der Waals surface area contributed by atoms with Gasteiger partial charge in [-0.2, -0.15) is 4.57 Å². The van der Waals surface area contributed by atoms with Crippen molar-refractivity contribution in [3.05, 3.63) is 112 Å². The van der Waals surface area contributed by atoms with Gasteiger partial charge in [-0.05, 0) is 69.3 Å².